The number of aliphatic carboxylic acids is 1. The summed E-state index contributed by atoms with van der Waals surface area (Å²) in [7, 11) is 0. The van der Waals surface area contributed by atoms with E-state index < -0.39 is 11.5 Å². The van der Waals surface area contributed by atoms with Crippen LogP contribution in [0.4, 0.5) is 0 Å². The number of carbonyl (C=O) groups is 2. The maximum Gasteiger partial charge on any atom is 0.329 e. The molecule has 4 heteroatoms. The summed E-state index contributed by atoms with van der Waals surface area (Å²) >= 11 is 0. The lowest BCUT2D eigenvalue weighted by Gasteiger charge is -2.37. The lowest BCUT2D eigenvalue weighted by atomic mass is 9.77. The van der Waals surface area contributed by atoms with E-state index in [9.17, 15) is 9.59 Å². The number of nitrogens with one attached hydrogen (secondary N) is 1. The molecule has 94 valence electrons. The molecule has 1 amide bonds. The van der Waals surface area contributed by atoms with Crippen LogP contribution in [-0.2, 0) is 9.59 Å². The molecule has 0 atom stereocenters. The van der Waals surface area contributed by atoms with Gasteiger partial charge in [0.25, 0.3) is 0 Å². The van der Waals surface area contributed by atoms with Crippen LogP contribution in [0.3, 0.4) is 0 Å². The van der Waals surface area contributed by atoms with Crippen molar-refractivity contribution in [2.45, 2.75) is 24.8 Å². The van der Waals surface area contributed by atoms with Gasteiger partial charge in [-0.1, -0.05) is 30.3 Å². The van der Waals surface area contributed by atoms with Gasteiger partial charge in [-0.15, -0.1) is 0 Å². The highest BCUT2D eigenvalue weighted by Gasteiger charge is 2.45. The van der Waals surface area contributed by atoms with Crippen LogP contribution in [0.5, 0.6) is 0 Å². The van der Waals surface area contributed by atoms with E-state index in [4.69, 9.17) is 5.11 Å². The molecule has 0 aromatic heterocycles. The second-order valence-electron chi connectivity index (χ2n) is 4.47. The maximum absolute atomic E-state index is 11.7. The minimum Gasteiger partial charge on any atom is -0.480 e. The monoisotopic (exact) mass is 245 g/mol. The molecule has 0 spiro atoms. The van der Waals surface area contributed by atoms with E-state index in [-0.39, 0.29) is 5.91 Å². The molecule has 0 saturated heterocycles. The van der Waals surface area contributed by atoms with Gasteiger partial charge in [0, 0.05) is 6.08 Å². The Balaban J connectivity index is 1.97. The predicted octanol–water partition coefficient (Wildman–Crippen LogP) is 1.82. The first kappa shape index (κ1) is 12.4. The zero-order valence-corrected chi connectivity index (χ0v) is 9.93. The van der Waals surface area contributed by atoms with Gasteiger partial charge in [-0.05, 0) is 30.9 Å². The molecule has 1 aliphatic carbocycles. The number of carboxylic acids is 1. The number of amides is 1. The highest BCUT2D eigenvalue weighted by molar-refractivity contribution is 5.96. The minimum absolute atomic E-state index is 0.360. The fourth-order valence-corrected chi connectivity index (χ4v) is 1.94. The average Bonchev–Trinajstić information content (AvgIpc) is 2.32. The number of hydrogen-bond donors (Lipinski definition) is 2. The highest BCUT2D eigenvalue weighted by atomic mass is 16.4. The second-order valence-corrected chi connectivity index (χ2v) is 4.47. The number of carbonyl (C=O) groups excluding carboxylic acids is 1. The van der Waals surface area contributed by atoms with Crippen molar-refractivity contribution in [3.8, 4) is 0 Å². The van der Waals surface area contributed by atoms with Crippen molar-refractivity contribution < 1.29 is 14.7 Å². The number of carboxylic acid groups (broad SMARTS) is 1. The predicted molar refractivity (Wildman–Crippen MR) is 67.8 cm³/mol. The van der Waals surface area contributed by atoms with E-state index in [1.54, 1.807) is 6.08 Å². The summed E-state index contributed by atoms with van der Waals surface area (Å²) in [6, 6.07) is 9.40. The van der Waals surface area contributed by atoms with E-state index >= 15 is 0 Å². The summed E-state index contributed by atoms with van der Waals surface area (Å²) < 4.78 is 0. The molecule has 2 rings (SSSR count). The molecule has 1 saturated carbocycles. The molecule has 0 heterocycles. The van der Waals surface area contributed by atoms with Crippen LogP contribution in [0.25, 0.3) is 6.08 Å². The van der Waals surface area contributed by atoms with Gasteiger partial charge in [-0.2, -0.15) is 0 Å². The van der Waals surface area contributed by atoms with E-state index in [0.717, 1.165) is 12.0 Å². The van der Waals surface area contributed by atoms with Crippen molar-refractivity contribution >= 4 is 18.0 Å². The Hall–Kier alpha value is -2.10. The van der Waals surface area contributed by atoms with E-state index in [2.05, 4.69) is 5.32 Å². The Kier molecular flexibility index (Phi) is 3.46. The van der Waals surface area contributed by atoms with Gasteiger partial charge in [0.15, 0.2) is 0 Å². The van der Waals surface area contributed by atoms with Crippen LogP contribution in [0.15, 0.2) is 36.4 Å². The molecule has 1 aromatic rings. The Morgan fingerprint density at radius 2 is 1.89 bits per heavy atom. The summed E-state index contributed by atoms with van der Waals surface area (Å²) in [6.07, 6.45) is 4.90. The molecule has 1 aromatic carbocycles. The lowest BCUT2D eigenvalue weighted by molar-refractivity contribution is -0.151. The molecule has 4 nitrogen and oxygen atoms in total. The third-order valence-electron chi connectivity index (χ3n) is 3.21. The fourth-order valence-electron chi connectivity index (χ4n) is 1.94. The van der Waals surface area contributed by atoms with E-state index in [1.165, 1.54) is 6.08 Å². The van der Waals surface area contributed by atoms with Crippen molar-refractivity contribution in [2.24, 2.45) is 0 Å². The first-order chi connectivity index (χ1) is 8.62. The highest BCUT2D eigenvalue weighted by Crippen LogP contribution is 2.31. The van der Waals surface area contributed by atoms with Crippen LogP contribution >= 0.6 is 0 Å². The summed E-state index contributed by atoms with van der Waals surface area (Å²) in [5.74, 6) is -1.31. The zero-order chi connectivity index (χ0) is 13.0. The van der Waals surface area contributed by atoms with E-state index in [1.807, 2.05) is 30.3 Å². The normalized spacial score (nSPS) is 17.1. The summed E-state index contributed by atoms with van der Waals surface area (Å²) in [4.78, 5) is 22.7. The van der Waals surface area contributed by atoms with Gasteiger partial charge in [0.1, 0.15) is 5.54 Å². The summed E-state index contributed by atoms with van der Waals surface area (Å²) in [5.41, 5.74) is -0.136. The summed E-state index contributed by atoms with van der Waals surface area (Å²) in [5, 5.41) is 11.7. The van der Waals surface area contributed by atoms with Gasteiger partial charge in [-0.3, -0.25) is 4.79 Å². The van der Waals surface area contributed by atoms with Crippen molar-refractivity contribution in [2.75, 3.05) is 0 Å². The Bertz CT molecular complexity index is 475. The Morgan fingerprint density at radius 1 is 1.22 bits per heavy atom. The molecule has 0 radical (unpaired) electrons. The molecule has 0 unspecified atom stereocenters. The molecule has 1 fully saturated rings. The second kappa shape index (κ2) is 5.04. The van der Waals surface area contributed by atoms with Crippen molar-refractivity contribution in [3.05, 3.63) is 42.0 Å². The topological polar surface area (TPSA) is 66.4 Å². The van der Waals surface area contributed by atoms with Crippen LogP contribution in [0.2, 0.25) is 0 Å². The maximum atomic E-state index is 11.7. The molecule has 0 aliphatic heterocycles. The van der Waals surface area contributed by atoms with Crippen molar-refractivity contribution in [1.29, 1.82) is 0 Å². The van der Waals surface area contributed by atoms with Crippen molar-refractivity contribution in [3.63, 3.8) is 0 Å². The first-order valence-corrected chi connectivity index (χ1v) is 5.91. The van der Waals surface area contributed by atoms with Crippen LogP contribution in [0, 0.1) is 0 Å². The largest absolute Gasteiger partial charge is 0.480 e. The average molecular weight is 245 g/mol. The van der Waals surface area contributed by atoms with Crippen LogP contribution in [0.1, 0.15) is 24.8 Å². The number of benzene rings is 1. The lowest BCUT2D eigenvalue weighted by Crippen LogP contribution is -2.58. The quantitative estimate of drug-likeness (QED) is 0.795. The molecule has 1 aliphatic rings. The molecular formula is C14H15NO3. The number of rotatable bonds is 4. The molecular weight excluding hydrogens is 230 g/mol. The minimum atomic E-state index is -1.04. The van der Waals surface area contributed by atoms with Gasteiger partial charge >= 0.3 is 5.97 Å². The third kappa shape index (κ3) is 2.59. The SMILES string of the molecule is O=C(/C=C/c1ccccc1)NC1(C(=O)O)CCC1. The van der Waals surface area contributed by atoms with Crippen LogP contribution in [-0.4, -0.2) is 22.5 Å². The Labute approximate surface area is 105 Å². The fraction of sp³-hybridized carbons (Fsp3) is 0.286. The van der Waals surface area contributed by atoms with E-state index in [0.29, 0.717) is 12.8 Å². The van der Waals surface area contributed by atoms with Crippen LogP contribution < -0.4 is 5.32 Å². The third-order valence-corrected chi connectivity index (χ3v) is 3.21. The molecule has 18 heavy (non-hydrogen) atoms. The van der Waals surface area contributed by atoms with Gasteiger partial charge in [0.05, 0.1) is 0 Å². The Morgan fingerprint density at radius 3 is 2.39 bits per heavy atom. The summed E-state index contributed by atoms with van der Waals surface area (Å²) in [6.45, 7) is 0. The smallest absolute Gasteiger partial charge is 0.329 e. The molecule has 2 N–H and O–H groups in total. The first-order valence-electron chi connectivity index (χ1n) is 5.91. The zero-order valence-electron chi connectivity index (χ0n) is 9.93. The number of hydrogen-bond acceptors (Lipinski definition) is 2. The molecule has 0 bridgehead atoms. The van der Waals surface area contributed by atoms with Gasteiger partial charge in [-0.25, -0.2) is 4.79 Å². The van der Waals surface area contributed by atoms with Gasteiger partial charge < -0.3 is 10.4 Å². The standard InChI is InChI=1S/C14H15NO3/c16-12(8-7-11-5-2-1-3-6-11)15-14(13(17)18)9-4-10-14/h1-3,5-8H,4,9-10H2,(H,15,16)(H,17,18)/b8-7+. The van der Waals surface area contributed by atoms with Gasteiger partial charge in [0.2, 0.25) is 5.91 Å². The van der Waals surface area contributed by atoms with Crippen molar-refractivity contribution in [1.82, 2.24) is 5.32 Å².